The third-order valence-corrected chi connectivity index (χ3v) is 2.27. The molecule has 5 nitrogen and oxygen atoms in total. The first kappa shape index (κ1) is 15.3. The van der Waals surface area contributed by atoms with Crippen molar-refractivity contribution in [3.63, 3.8) is 0 Å². The minimum atomic E-state index is -0.890. The summed E-state index contributed by atoms with van der Waals surface area (Å²) in [6.07, 6.45) is 0. The zero-order valence-corrected chi connectivity index (χ0v) is 12.2. The summed E-state index contributed by atoms with van der Waals surface area (Å²) in [5.74, 6) is -1.00. The molecule has 1 aromatic rings. The standard InChI is InChI=1S/C14H20O5/c1-13(2,3)9-7-8(15)10(11(16)18-9)12(17)19-14(4,5)6/h7,15H,1-6H3. The molecule has 19 heavy (non-hydrogen) atoms. The maximum atomic E-state index is 11.8. The van der Waals surface area contributed by atoms with E-state index in [1.807, 2.05) is 20.8 Å². The van der Waals surface area contributed by atoms with Crippen LogP contribution in [0.25, 0.3) is 0 Å². The lowest BCUT2D eigenvalue weighted by Gasteiger charge is -2.20. The lowest BCUT2D eigenvalue weighted by molar-refractivity contribution is 0.00611. The normalized spacial score (nSPS) is 12.3. The molecule has 0 aliphatic heterocycles. The van der Waals surface area contributed by atoms with Crippen LogP contribution in [-0.4, -0.2) is 16.7 Å². The van der Waals surface area contributed by atoms with E-state index in [-0.39, 0.29) is 0 Å². The summed E-state index contributed by atoms with van der Waals surface area (Å²) in [7, 11) is 0. The minimum absolute atomic E-state index is 0.308. The lowest BCUT2D eigenvalue weighted by Crippen LogP contribution is -2.28. The highest BCUT2D eigenvalue weighted by molar-refractivity contribution is 5.92. The molecule has 0 bridgehead atoms. The number of rotatable bonds is 1. The summed E-state index contributed by atoms with van der Waals surface area (Å²) in [5, 5.41) is 9.84. The monoisotopic (exact) mass is 268 g/mol. The van der Waals surface area contributed by atoms with Gasteiger partial charge in [0.2, 0.25) is 0 Å². The summed E-state index contributed by atoms with van der Waals surface area (Å²) in [6.45, 7) is 10.5. The van der Waals surface area contributed by atoms with Crippen LogP contribution in [0.1, 0.15) is 57.7 Å². The van der Waals surface area contributed by atoms with Crippen LogP contribution in [0.5, 0.6) is 5.75 Å². The van der Waals surface area contributed by atoms with Gasteiger partial charge in [-0.3, -0.25) is 0 Å². The SMILES string of the molecule is CC(C)(C)OC(=O)c1c(O)cc(C(C)(C)C)oc1=O. The molecule has 1 N–H and O–H groups in total. The number of esters is 1. The Morgan fingerprint density at radius 3 is 2.11 bits per heavy atom. The number of carbonyl (C=O) groups excluding carboxylic acids is 1. The van der Waals surface area contributed by atoms with Gasteiger partial charge < -0.3 is 14.3 Å². The molecule has 0 atom stereocenters. The first-order chi connectivity index (χ1) is 8.42. The maximum absolute atomic E-state index is 11.8. The van der Waals surface area contributed by atoms with Crippen molar-refractivity contribution in [3.05, 3.63) is 27.8 Å². The summed E-state index contributed by atoms with van der Waals surface area (Å²) in [5.41, 5.74) is -2.55. The van der Waals surface area contributed by atoms with Crippen molar-refractivity contribution in [2.24, 2.45) is 0 Å². The quantitative estimate of drug-likeness (QED) is 0.792. The average Bonchev–Trinajstić information content (AvgIpc) is 2.11. The maximum Gasteiger partial charge on any atom is 0.354 e. The Morgan fingerprint density at radius 1 is 1.21 bits per heavy atom. The number of carbonyl (C=O) groups is 1. The van der Waals surface area contributed by atoms with Gasteiger partial charge in [0.05, 0.1) is 0 Å². The Hall–Kier alpha value is -1.78. The molecule has 0 aliphatic carbocycles. The van der Waals surface area contributed by atoms with E-state index in [4.69, 9.17) is 9.15 Å². The highest BCUT2D eigenvalue weighted by Gasteiger charge is 2.27. The van der Waals surface area contributed by atoms with Gasteiger partial charge in [0.1, 0.15) is 17.1 Å². The summed E-state index contributed by atoms with van der Waals surface area (Å²) < 4.78 is 10.1. The molecule has 0 unspecified atom stereocenters. The van der Waals surface area contributed by atoms with E-state index in [9.17, 15) is 14.7 Å². The van der Waals surface area contributed by atoms with Gasteiger partial charge in [-0.15, -0.1) is 0 Å². The van der Waals surface area contributed by atoms with Crippen LogP contribution in [0.15, 0.2) is 15.3 Å². The van der Waals surface area contributed by atoms with E-state index in [1.165, 1.54) is 6.07 Å². The van der Waals surface area contributed by atoms with Crippen molar-refractivity contribution in [1.29, 1.82) is 0 Å². The van der Waals surface area contributed by atoms with Gasteiger partial charge in [-0.05, 0) is 20.8 Å². The van der Waals surface area contributed by atoms with E-state index in [0.717, 1.165) is 0 Å². The first-order valence-electron chi connectivity index (χ1n) is 6.03. The second-order valence-electron chi connectivity index (χ2n) is 6.41. The summed E-state index contributed by atoms with van der Waals surface area (Å²) >= 11 is 0. The molecule has 0 aliphatic rings. The van der Waals surface area contributed by atoms with Gasteiger partial charge in [0.25, 0.3) is 0 Å². The van der Waals surface area contributed by atoms with Crippen molar-refractivity contribution in [2.75, 3.05) is 0 Å². The van der Waals surface area contributed by atoms with Crippen molar-refractivity contribution < 1.29 is 19.1 Å². The fraction of sp³-hybridized carbons (Fsp3) is 0.571. The molecule has 5 heteroatoms. The van der Waals surface area contributed by atoms with E-state index in [0.29, 0.717) is 5.76 Å². The third kappa shape index (κ3) is 3.84. The molecular weight excluding hydrogens is 248 g/mol. The van der Waals surface area contributed by atoms with Gasteiger partial charge in [0.15, 0.2) is 5.56 Å². The number of aromatic hydroxyl groups is 1. The Labute approximate surface area is 112 Å². The molecule has 0 fully saturated rings. The molecule has 0 amide bonds. The average molecular weight is 268 g/mol. The number of hydrogen-bond donors (Lipinski definition) is 1. The summed E-state index contributed by atoms with van der Waals surface area (Å²) in [6, 6.07) is 1.28. The fourth-order valence-corrected chi connectivity index (χ4v) is 1.37. The van der Waals surface area contributed by atoms with Gasteiger partial charge in [0, 0.05) is 11.5 Å². The van der Waals surface area contributed by atoms with Gasteiger partial charge in [-0.25, -0.2) is 9.59 Å². The largest absolute Gasteiger partial charge is 0.507 e. The van der Waals surface area contributed by atoms with Gasteiger partial charge >= 0.3 is 11.6 Å². The molecule has 0 radical (unpaired) electrons. The van der Waals surface area contributed by atoms with E-state index in [1.54, 1.807) is 20.8 Å². The fourth-order valence-electron chi connectivity index (χ4n) is 1.37. The molecule has 0 saturated carbocycles. The minimum Gasteiger partial charge on any atom is -0.507 e. The zero-order valence-electron chi connectivity index (χ0n) is 12.2. The van der Waals surface area contributed by atoms with Crippen molar-refractivity contribution in [2.45, 2.75) is 52.6 Å². The van der Waals surface area contributed by atoms with Crippen LogP contribution in [0, 0.1) is 0 Å². The second-order valence-corrected chi connectivity index (χ2v) is 6.41. The second kappa shape index (κ2) is 4.72. The highest BCUT2D eigenvalue weighted by Crippen LogP contribution is 2.26. The van der Waals surface area contributed by atoms with Crippen LogP contribution in [0.4, 0.5) is 0 Å². The van der Waals surface area contributed by atoms with Crippen LogP contribution in [0.3, 0.4) is 0 Å². The Morgan fingerprint density at radius 2 is 1.74 bits per heavy atom. The highest BCUT2D eigenvalue weighted by atomic mass is 16.6. The Kier molecular flexibility index (Phi) is 3.79. The first-order valence-corrected chi connectivity index (χ1v) is 6.03. The molecule has 1 aromatic heterocycles. The van der Waals surface area contributed by atoms with E-state index >= 15 is 0 Å². The molecule has 106 valence electrons. The molecular formula is C14H20O5. The molecule has 0 spiro atoms. The predicted molar refractivity (Wildman–Crippen MR) is 70.5 cm³/mol. The number of ether oxygens (including phenoxy) is 1. The zero-order chi connectivity index (χ0) is 15.0. The molecule has 1 heterocycles. The van der Waals surface area contributed by atoms with Crippen molar-refractivity contribution in [1.82, 2.24) is 0 Å². The summed E-state index contributed by atoms with van der Waals surface area (Å²) in [4.78, 5) is 23.6. The van der Waals surface area contributed by atoms with Crippen molar-refractivity contribution in [3.8, 4) is 5.75 Å². The van der Waals surface area contributed by atoms with Crippen molar-refractivity contribution >= 4 is 5.97 Å². The third-order valence-electron chi connectivity index (χ3n) is 2.27. The molecule has 0 saturated heterocycles. The van der Waals surface area contributed by atoms with Crippen LogP contribution in [-0.2, 0) is 10.2 Å². The Balaban J connectivity index is 3.26. The Bertz CT molecular complexity index is 540. The smallest absolute Gasteiger partial charge is 0.354 e. The van der Waals surface area contributed by atoms with Gasteiger partial charge in [-0.1, -0.05) is 20.8 Å². The van der Waals surface area contributed by atoms with Crippen LogP contribution >= 0.6 is 0 Å². The van der Waals surface area contributed by atoms with Gasteiger partial charge in [-0.2, -0.15) is 0 Å². The molecule has 1 rings (SSSR count). The lowest BCUT2D eigenvalue weighted by atomic mass is 9.92. The van der Waals surface area contributed by atoms with E-state index < -0.39 is 33.9 Å². The number of hydrogen-bond acceptors (Lipinski definition) is 5. The molecule has 0 aromatic carbocycles. The van der Waals surface area contributed by atoms with Crippen LogP contribution in [0.2, 0.25) is 0 Å². The van der Waals surface area contributed by atoms with E-state index in [2.05, 4.69) is 0 Å². The van der Waals surface area contributed by atoms with Crippen LogP contribution < -0.4 is 5.63 Å². The topological polar surface area (TPSA) is 76.7 Å². The predicted octanol–water partition coefficient (Wildman–Crippen LogP) is 2.60.